The minimum Gasteiger partial charge on any atom is -0.497 e. The van der Waals surface area contributed by atoms with Crippen LogP contribution in [0.15, 0.2) is 36.7 Å². The molecular formula is C17H22N4O2. The highest BCUT2D eigenvalue weighted by molar-refractivity contribution is 6.03. The van der Waals surface area contributed by atoms with Gasteiger partial charge >= 0.3 is 0 Å². The molecule has 6 heteroatoms. The van der Waals surface area contributed by atoms with Gasteiger partial charge in [0.05, 0.1) is 12.7 Å². The van der Waals surface area contributed by atoms with Crippen molar-refractivity contribution in [1.82, 2.24) is 9.97 Å². The van der Waals surface area contributed by atoms with Crippen molar-refractivity contribution in [3.8, 4) is 5.75 Å². The summed E-state index contributed by atoms with van der Waals surface area (Å²) in [5, 5.41) is 5.93. The summed E-state index contributed by atoms with van der Waals surface area (Å²) in [6.45, 7) is 5.14. The molecule has 0 aliphatic rings. The van der Waals surface area contributed by atoms with Gasteiger partial charge in [0.25, 0.3) is 5.91 Å². The van der Waals surface area contributed by atoms with E-state index in [0.717, 1.165) is 13.0 Å². The fourth-order valence-corrected chi connectivity index (χ4v) is 1.91. The molecule has 0 aliphatic heterocycles. The molecule has 2 N–H and O–H groups in total. The Morgan fingerprint density at radius 1 is 1.26 bits per heavy atom. The molecular weight excluding hydrogens is 292 g/mol. The fourth-order valence-electron chi connectivity index (χ4n) is 1.91. The number of hydrogen-bond donors (Lipinski definition) is 2. The number of benzene rings is 1. The van der Waals surface area contributed by atoms with Gasteiger partial charge in [-0.1, -0.05) is 19.9 Å². The molecule has 0 spiro atoms. The molecule has 6 nitrogen and oxygen atoms in total. The van der Waals surface area contributed by atoms with Gasteiger partial charge in [-0.05, 0) is 24.5 Å². The number of aromatic nitrogens is 2. The van der Waals surface area contributed by atoms with Gasteiger partial charge in [0, 0.05) is 30.7 Å². The second-order valence-electron chi connectivity index (χ2n) is 5.59. The fraction of sp³-hybridized carbons (Fsp3) is 0.353. The topological polar surface area (TPSA) is 76.1 Å². The van der Waals surface area contributed by atoms with Crippen LogP contribution < -0.4 is 15.4 Å². The Balaban J connectivity index is 1.94. The maximum absolute atomic E-state index is 12.2. The normalized spacial score (nSPS) is 10.4. The summed E-state index contributed by atoms with van der Waals surface area (Å²) >= 11 is 0. The van der Waals surface area contributed by atoms with Crippen molar-refractivity contribution >= 4 is 17.5 Å². The highest BCUT2D eigenvalue weighted by atomic mass is 16.5. The van der Waals surface area contributed by atoms with E-state index in [9.17, 15) is 4.79 Å². The van der Waals surface area contributed by atoms with Crippen LogP contribution in [0, 0.1) is 5.92 Å². The smallest absolute Gasteiger partial charge is 0.258 e. The summed E-state index contributed by atoms with van der Waals surface area (Å²) in [6.07, 6.45) is 4.07. The molecule has 1 heterocycles. The Morgan fingerprint density at radius 2 is 2.00 bits per heavy atom. The minimum atomic E-state index is -0.257. The largest absolute Gasteiger partial charge is 0.497 e. The van der Waals surface area contributed by atoms with Crippen molar-refractivity contribution in [3.05, 3.63) is 42.2 Å². The summed E-state index contributed by atoms with van der Waals surface area (Å²) in [5.74, 6) is 1.58. The lowest BCUT2D eigenvalue weighted by Gasteiger charge is -2.08. The average Bonchev–Trinajstić information content (AvgIpc) is 2.55. The quantitative estimate of drug-likeness (QED) is 0.821. The number of anilines is 2. The lowest BCUT2D eigenvalue weighted by molar-refractivity contribution is 0.102. The van der Waals surface area contributed by atoms with Crippen molar-refractivity contribution in [2.75, 3.05) is 24.3 Å². The number of carbonyl (C=O) groups is 1. The van der Waals surface area contributed by atoms with Crippen molar-refractivity contribution in [2.45, 2.75) is 20.3 Å². The van der Waals surface area contributed by atoms with Crippen LogP contribution in [0.4, 0.5) is 11.6 Å². The van der Waals surface area contributed by atoms with Crippen LogP contribution in [0.3, 0.4) is 0 Å². The average molecular weight is 314 g/mol. The summed E-state index contributed by atoms with van der Waals surface area (Å²) in [5.41, 5.74) is 1.07. The molecule has 1 aromatic carbocycles. The monoisotopic (exact) mass is 314 g/mol. The van der Waals surface area contributed by atoms with E-state index in [1.54, 1.807) is 19.2 Å². The van der Waals surface area contributed by atoms with E-state index in [2.05, 4.69) is 34.4 Å². The number of nitrogens with zero attached hydrogens (tertiary/aromatic N) is 2. The maximum Gasteiger partial charge on any atom is 0.258 e. The van der Waals surface area contributed by atoms with Crippen LogP contribution in [0.5, 0.6) is 5.75 Å². The van der Waals surface area contributed by atoms with Crippen LogP contribution in [0.2, 0.25) is 0 Å². The van der Waals surface area contributed by atoms with Crippen molar-refractivity contribution in [3.63, 3.8) is 0 Å². The lowest BCUT2D eigenvalue weighted by Crippen LogP contribution is -2.14. The van der Waals surface area contributed by atoms with Gasteiger partial charge in [-0.25, -0.2) is 9.97 Å². The molecule has 0 atom stereocenters. The Morgan fingerprint density at radius 3 is 2.65 bits per heavy atom. The van der Waals surface area contributed by atoms with Gasteiger partial charge in [-0.3, -0.25) is 4.79 Å². The molecule has 0 saturated carbocycles. The van der Waals surface area contributed by atoms with E-state index in [1.807, 2.05) is 12.1 Å². The third kappa shape index (κ3) is 5.25. The molecule has 0 saturated heterocycles. The van der Waals surface area contributed by atoms with Crippen molar-refractivity contribution in [2.24, 2.45) is 5.92 Å². The first-order valence-corrected chi connectivity index (χ1v) is 7.60. The molecule has 2 rings (SSSR count). The van der Waals surface area contributed by atoms with Crippen LogP contribution >= 0.6 is 0 Å². The van der Waals surface area contributed by atoms with Gasteiger partial charge in [-0.2, -0.15) is 0 Å². The maximum atomic E-state index is 12.2. The summed E-state index contributed by atoms with van der Waals surface area (Å²) in [7, 11) is 1.58. The molecule has 0 unspecified atom stereocenters. The lowest BCUT2D eigenvalue weighted by atomic mass is 10.1. The molecule has 122 valence electrons. The number of methoxy groups -OCH3 is 1. The van der Waals surface area contributed by atoms with E-state index in [4.69, 9.17) is 4.74 Å². The number of rotatable bonds is 7. The predicted octanol–water partition coefficient (Wildman–Crippen LogP) is 3.20. The van der Waals surface area contributed by atoms with Gasteiger partial charge in [0.15, 0.2) is 0 Å². The van der Waals surface area contributed by atoms with Crippen LogP contribution in [0.1, 0.15) is 30.6 Å². The Bertz CT molecular complexity index is 641. The molecule has 0 aliphatic carbocycles. The Kier molecular flexibility index (Phi) is 5.91. The van der Waals surface area contributed by atoms with E-state index in [1.165, 1.54) is 12.4 Å². The van der Waals surface area contributed by atoms with Gasteiger partial charge in [0.2, 0.25) is 5.95 Å². The first-order chi connectivity index (χ1) is 11.1. The number of amides is 1. The van der Waals surface area contributed by atoms with Gasteiger partial charge in [-0.15, -0.1) is 0 Å². The van der Waals surface area contributed by atoms with Crippen molar-refractivity contribution < 1.29 is 9.53 Å². The highest BCUT2D eigenvalue weighted by Gasteiger charge is 2.08. The standard InChI is InChI=1S/C17H22N4O2/c1-12(2)7-8-18-17-19-10-13(11-20-17)16(22)21-14-5-4-6-15(9-14)23-3/h4-6,9-12H,7-8H2,1-3H3,(H,21,22)(H,18,19,20). The second-order valence-corrected chi connectivity index (χ2v) is 5.59. The van der Waals surface area contributed by atoms with Crippen LogP contribution in [-0.2, 0) is 0 Å². The SMILES string of the molecule is COc1cccc(NC(=O)c2cnc(NCCC(C)C)nc2)c1. The Labute approximate surface area is 136 Å². The summed E-state index contributed by atoms with van der Waals surface area (Å²) < 4.78 is 5.13. The van der Waals surface area contributed by atoms with Crippen LogP contribution in [-0.4, -0.2) is 29.5 Å². The summed E-state index contributed by atoms with van der Waals surface area (Å²) in [6, 6.07) is 7.17. The van der Waals surface area contributed by atoms with Crippen molar-refractivity contribution in [1.29, 1.82) is 0 Å². The minimum absolute atomic E-state index is 0.257. The molecule has 2 aromatic rings. The first-order valence-electron chi connectivity index (χ1n) is 7.60. The van der Waals surface area contributed by atoms with Gasteiger partial charge < -0.3 is 15.4 Å². The molecule has 0 bridgehead atoms. The van der Waals surface area contributed by atoms with E-state index in [0.29, 0.717) is 28.9 Å². The number of hydrogen-bond acceptors (Lipinski definition) is 5. The van der Waals surface area contributed by atoms with Crippen LogP contribution in [0.25, 0.3) is 0 Å². The molecule has 0 fully saturated rings. The van der Waals surface area contributed by atoms with E-state index >= 15 is 0 Å². The second kappa shape index (κ2) is 8.12. The zero-order valence-corrected chi connectivity index (χ0v) is 13.7. The molecule has 0 radical (unpaired) electrons. The third-order valence-corrected chi connectivity index (χ3v) is 3.25. The van der Waals surface area contributed by atoms with E-state index < -0.39 is 0 Å². The molecule has 23 heavy (non-hydrogen) atoms. The zero-order chi connectivity index (χ0) is 16.7. The summed E-state index contributed by atoms with van der Waals surface area (Å²) in [4.78, 5) is 20.5. The number of nitrogens with one attached hydrogen (secondary N) is 2. The van der Waals surface area contributed by atoms with Gasteiger partial charge in [0.1, 0.15) is 5.75 Å². The zero-order valence-electron chi connectivity index (χ0n) is 13.7. The predicted molar refractivity (Wildman–Crippen MR) is 90.9 cm³/mol. The van der Waals surface area contributed by atoms with E-state index in [-0.39, 0.29) is 5.91 Å². The molecule has 1 amide bonds. The first kappa shape index (κ1) is 16.7. The Hall–Kier alpha value is -2.63. The number of ether oxygens (including phenoxy) is 1. The number of carbonyl (C=O) groups excluding carboxylic acids is 1. The highest BCUT2D eigenvalue weighted by Crippen LogP contribution is 2.17. The molecule has 1 aromatic heterocycles. The third-order valence-electron chi connectivity index (χ3n) is 3.25.